The van der Waals surface area contributed by atoms with E-state index >= 15 is 0 Å². The largest absolute Gasteiger partial charge is 0.397 e. The van der Waals surface area contributed by atoms with E-state index in [1.807, 2.05) is 32.0 Å². The van der Waals surface area contributed by atoms with Crippen molar-refractivity contribution in [1.82, 2.24) is 0 Å². The molecule has 4 nitrogen and oxygen atoms in total. The molecule has 19 heavy (non-hydrogen) atoms. The summed E-state index contributed by atoms with van der Waals surface area (Å²) < 4.78 is 0. The summed E-state index contributed by atoms with van der Waals surface area (Å²) in [5.74, 6) is -0.481. The molecule has 2 aromatic carbocycles. The van der Waals surface area contributed by atoms with Crippen LogP contribution in [0.5, 0.6) is 0 Å². The summed E-state index contributed by atoms with van der Waals surface area (Å²) in [6.45, 7) is 4.06. The molecule has 0 saturated heterocycles. The lowest BCUT2D eigenvalue weighted by atomic mass is 10.1. The topological polar surface area (TPSA) is 81.1 Å². The first-order valence-corrected chi connectivity index (χ1v) is 6.01. The standard InChI is InChI=1S/C15H17N3O/c1-9-4-3-5-10(2)14(9)18-13-7-6-11(15(17)19)8-12(13)16/h3-8,18H,16H2,1-2H3,(H2,17,19). The third-order valence-electron chi connectivity index (χ3n) is 3.08. The van der Waals surface area contributed by atoms with Crippen LogP contribution in [-0.4, -0.2) is 5.91 Å². The van der Waals surface area contributed by atoms with E-state index in [1.165, 1.54) is 0 Å². The Kier molecular flexibility index (Phi) is 3.42. The number of hydrogen-bond donors (Lipinski definition) is 3. The summed E-state index contributed by atoms with van der Waals surface area (Å²) in [4.78, 5) is 11.1. The molecule has 0 spiro atoms. The third-order valence-corrected chi connectivity index (χ3v) is 3.08. The van der Waals surface area contributed by atoms with Crippen molar-refractivity contribution in [3.8, 4) is 0 Å². The molecule has 2 rings (SSSR count). The molecule has 98 valence electrons. The number of benzene rings is 2. The second-order valence-corrected chi connectivity index (χ2v) is 4.56. The molecule has 0 aliphatic heterocycles. The van der Waals surface area contributed by atoms with Crippen molar-refractivity contribution in [3.05, 3.63) is 53.1 Å². The molecule has 0 aliphatic carbocycles. The van der Waals surface area contributed by atoms with E-state index < -0.39 is 5.91 Å². The summed E-state index contributed by atoms with van der Waals surface area (Å²) in [6.07, 6.45) is 0. The lowest BCUT2D eigenvalue weighted by molar-refractivity contribution is 0.100. The van der Waals surface area contributed by atoms with Crippen LogP contribution in [0, 0.1) is 13.8 Å². The molecule has 2 aromatic rings. The van der Waals surface area contributed by atoms with E-state index in [2.05, 4.69) is 5.32 Å². The van der Waals surface area contributed by atoms with Gasteiger partial charge in [0.2, 0.25) is 5.91 Å². The summed E-state index contributed by atoms with van der Waals surface area (Å²) in [7, 11) is 0. The fourth-order valence-corrected chi connectivity index (χ4v) is 1.98. The van der Waals surface area contributed by atoms with Crippen LogP contribution >= 0.6 is 0 Å². The lowest BCUT2D eigenvalue weighted by Gasteiger charge is -2.14. The fourth-order valence-electron chi connectivity index (χ4n) is 1.98. The van der Waals surface area contributed by atoms with E-state index in [-0.39, 0.29) is 0 Å². The number of nitrogen functional groups attached to an aromatic ring is 1. The summed E-state index contributed by atoms with van der Waals surface area (Å²) in [5, 5.41) is 3.30. The summed E-state index contributed by atoms with van der Waals surface area (Å²) in [6, 6.07) is 11.1. The van der Waals surface area contributed by atoms with Crippen molar-refractivity contribution in [3.63, 3.8) is 0 Å². The zero-order chi connectivity index (χ0) is 14.0. The molecule has 0 bridgehead atoms. The smallest absolute Gasteiger partial charge is 0.248 e. The lowest BCUT2D eigenvalue weighted by Crippen LogP contribution is -2.11. The first-order valence-electron chi connectivity index (χ1n) is 6.01. The molecular weight excluding hydrogens is 238 g/mol. The van der Waals surface area contributed by atoms with Crippen LogP contribution in [0.15, 0.2) is 36.4 Å². The molecule has 5 N–H and O–H groups in total. The fraction of sp³-hybridized carbons (Fsp3) is 0.133. The quantitative estimate of drug-likeness (QED) is 0.737. The zero-order valence-electron chi connectivity index (χ0n) is 11.0. The van der Waals surface area contributed by atoms with Crippen LogP contribution in [0.25, 0.3) is 0 Å². The van der Waals surface area contributed by atoms with Gasteiger partial charge in [0.15, 0.2) is 0 Å². The minimum Gasteiger partial charge on any atom is -0.397 e. The maximum Gasteiger partial charge on any atom is 0.248 e. The predicted molar refractivity (Wildman–Crippen MR) is 78.6 cm³/mol. The highest BCUT2D eigenvalue weighted by Gasteiger charge is 2.07. The Balaban J connectivity index is 2.36. The Bertz CT molecular complexity index is 615. The Labute approximate surface area is 112 Å². The number of rotatable bonds is 3. The molecule has 0 fully saturated rings. The van der Waals surface area contributed by atoms with E-state index in [9.17, 15) is 4.79 Å². The number of carbonyl (C=O) groups excluding carboxylic acids is 1. The van der Waals surface area contributed by atoms with Crippen molar-refractivity contribution in [1.29, 1.82) is 0 Å². The minimum absolute atomic E-state index is 0.407. The molecule has 0 heterocycles. The van der Waals surface area contributed by atoms with Crippen molar-refractivity contribution in [2.24, 2.45) is 5.73 Å². The van der Waals surface area contributed by atoms with Gasteiger partial charge in [-0.3, -0.25) is 4.79 Å². The van der Waals surface area contributed by atoms with Gasteiger partial charge in [0, 0.05) is 11.3 Å². The SMILES string of the molecule is Cc1cccc(C)c1Nc1ccc(C(N)=O)cc1N. The number of amides is 1. The van der Waals surface area contributed by atoms with Gasteiger partial charge in [-0.2, -0.15) is 0 Å². The van der Waals surface area contributed by atoms with E-state index in [4.69, 9.17) is 11.5 Å². The van der Waals surface area contributed by atoms with Crippen LogP contribution in [0.2, 0.25) is 0 Å². The Morgan fingerprint density at radius 2 is 1.74 bits per heavy atom. The zero-order valence-corrected chi connectivity index (χ0v) is 11.0. The molecule has 0 saturated carbocycles. The third kappa shape index (κ3) is 2.68. The van der Waals surface area contributed by atoms with Crippen LogP contribution in [0.4, 0.5) is 17.1 Å². The van der Waals surface area contributed by atoms with Crippen LogP contribution < -0.4 is 16.8 Å². The van der Waals surface area contributed by atoms with Gasteiger partial charge in [0.25, 0.3) is 0 Å². The van der Waals surface area contributed by atoms with Crippen LogP contribution in [-0.2, 0) is 0 Å². The van der Waals surface area contributed by atoms with Gasteiger partial charge >= 0.3 is 0 Å². The number of nitrogens with two attached hydrogens (primary N) is 2. The average molecular weight is 255 g/mol. The number of nitrogens with one attached hydrogen (secondary N) is 1. The maximum absolute atomic E-state index is 11.1. The molecule has 0 unspecified atom stereocenters. The van der Waals surface area contributed by atoms with Crippen LogP contribution in [0.1, 0.15) is 21.5 Å². The number of para-hydroxylation sites is 1. The van der Waals surface area contributed by atoms with Gasteiger partial charge in [-0.1, -0.05) is 18.2 Å². The number of primary amides is 1. The molecule has 0 aliphatic rings. The Morgan fingerprint density at radius 1 is 1.11 bits per heavy atom. The molecule has 0 atom stereocenters. The predicted octanol–water partition coefficient (Wildman–Crippen LogP) is 2.73. The number of aryl methyl sites for hydroxylation is 2. The minimum atomic E-state index is -0.481. The first kappa shape index (κ1) is 13.0. The van der Waals surface area contributed by atoms with Gasteiger partial charge in [-0.15, -0.1) is 0 Å². The van der Waals surface area contributed by atoms with Crippen molar-refractivity contribution < 1.29 is 4.79 Å². The monoisotopic (exact) mass is 255 g/mol. The van der Waals surface area contributed by atoms with Crippen LogP contribution in [0.3, 0.4) is 0 Å². The van der Waals surface area contributed by atoms with Gasteiger partial charge in [0.1, 0.15) is 0 Å². The Morgan fingerprint density at radius 3 is 2.26 bits per heavy atom. The number of hydrogen-bond acceptors (Lipinski definition) is 3. The summed E-state index contributed by atoms with van der Waals surface area (Å²) in [5.41, 5.74) is 16.1. The highest BCUT2D eigenvalue weighted by atomic mass is 16.1. The average Bonchev–Trinajstić information content (AvgIpc) is 2.35. The van der Waals surface area contributed by atoms with Crippen molar-refractivity contribution >= 4 is 23.0 Å². The van der Waals surface area contributed by atoms with Gasteiger partial charge < -0.3 is 16.8 Å². The van der Waals surface area contributed by atoms with E-state index in [0.29, 0.717) is 11.3 Å². The molecule has 0 aromatic heterocycles. The molecule has 1 amide bonds. The van der Waals surface area contributed by atoms with Gasteiger partial charge in [0.05, 0.1) is 11.4 Å². The first-order chi connectivity index (χ1) is 8.99. The second kappa shape index (κ2) is 5.02. The second-order valence-electron chi connectivity index (χ2n) is 4.56. The Hall–Kier alpha value is -2.49. The van der Waals surface area contributed by atoms with Crippen molar-refractivity contribution in [2.45, 2.75) is 13.8 Å². The molecule has 0 radical (unpaired) electrons. The maximum atomic E-state index is 11.1. The highest BCUT2D eigenvalue weighted by Crippen LogP contribution is 2.28. The molecular formula is C15H17N3O. The molecule has 4 heteroatoms. The number of anilines is 3. The van der Waals surface area contributed by atoms with Gasteiger partial charge in [-0.05, 0) is 43.2 Å². The summed E-state index contributed by atoms with van der Waals surface area (Å²) >= 11 is 0. The normalized spacial score (nSPS) is 10.2. The van der Waals surface area contributed by atoms with Crippen molar-refractivity contribution in [2.75, 3.05) is 11.1 Å². The number of carbonyl (C=O) groups is 1. The van der Waals surface area contributed by atoms with E-state index in [0.717, 1.165) is 22.5 Å². The van der Waals surface area contributed by atoms with E-state index in [1.54, 1.807) is 18.2 Å². The van der Waals surface area contributed by atoms with Gasteiger partial charge in [-0.25, -0.2) is 0 Å². The highest BCUT2D eigenvalue weighted by molar-refractivity contribution is 5.95.